The van der Waals surface area contributed by atoms with Gasteiger partial charge in [-0.3, -0.25) is 0 Å². The fourth-order valence-corrected chi connectivity index (χ4v) is 22.1. The maximum atomic E-state index is 11.8. The van der Waals surface area contributed by atoms with Gasteiger partial charge in [0.2, 0.25) is 0 Å². The third-order valence-corrected chi connectivity index (χ3v) is 22.0. The molecular formula is C52H66O2. The number of rotatable bonds is 5. The normalized spacial score (nSPS) is 55.0. The van der Waals surface area contributed by atoms with Gasteiger partial charge in [-0.2, -0.15) is 0 Å². The first-order valence-corrected chi connectivity index (χ1v) is 23.8. The molecule has 4 atom stereocenters. The van der Waals surface area contributed by atoms with E-state index in [4.69, 9.17) is 0 Å². The average molecular weight is 723 g/mol. The van der Waals surface area contributed by atoms with Gasteiger partial charge >= 0.3 is 0 Å². The van der Waals surface area contributed by atoms with Crippen molar-refractivity contribution >= 4 is 0 Å². The van der Waals surface area contributed by atoms with Crippen LogP contribution in [0.4, 0.5) is 0 Å². The van der Waals surface area contributed by atoms with Gasteiger partial charge in [-0.05, 0) is 281 Å². The first kappa shape index (κ1) is 32.0. The Morgan fingerprint density at radius 2 is 0.611 bits per heavy atom. The largest absolute Gasteiger partial charge is 0.507 e. The van der Waals surface area contributed by atoms with Crippen LogP contribution >= 0.6 is 0 Å². The maximum Gasteiger partial charge on any atom is 0.123 e. The zero-order chi connectivity index (χ0) is 35.5. The Bertz CT molecular complexity index is 1710. The van der Waals surface area contributed by atoms with Crippen LogP contribution in [-0.2, 0) is 10.8 Å². The Balaban J connectivity index is 0.834. The molecule has 16 aliphatic rings. The van der Waals surface area contributed by atoms with Gasteiger partial charge in [0, 0.05) is 11.1 Å². The Kier molecular flexibility index (Phi) is 6.04. The standard InChI is InChI=1S/C52H66O2/c53-45-3-1-41(47-15-37-11-38(16-47)26-51(25-37,29-47)49-19-31-5-32(20-49)7-33(6-31)21-49)13-43(45)44-14-42(2-4-46(44)54)48-17-39-12-40(18-48)28-52(27-39,30-48)50-22-34-8-35(23-50)10-36(9-34)24-50/h1-4,13-14,31-40,53-54H,5-12,15-30H2. The summed E-state index contributed by atoms with van der Waals surface area (Å²) in [5, 5.41) is 23.5. The zero-order valence-corrected chi connectivity index (χ0v) is 33.1. The van der Waals surface area contributed by atoms with Crippen molar-refractivity contribution in [3.8, 4) is 22.6 Å². The molecule has 18 rings (SSSR count). The van der Waals surface area contributed by atoms with Crippen LogP contribution in [0.25, 0.3) is 11.1 Å². The highest BCUT2D eigenvalue weighted by molar-refractivity contribution is 5.77. The van der Waals surface area contributed by atoms with Crippen LogP contribution in [0.15, 0.2) is 36.4 Å². The molecule has 0 heterocycles. The molecule has 16 fully saturated rings. The second kappa shape index (κ2) is 10.2. The first-order valence-electron chi connectivity index (χ1n) is 23.8. The summed E-state index contributed by atoms with van der Waals surface area (Å²) in [6, 6.07) is 13.6. The summed E-state index contributed by atoms with van der Waals surface area (Å²) in [6.45, 7) is 0. The highest BCUT2D eigenvalue weighted by Crippen LogP contribution is 2.79. The van der Waals surface area contributed by atoms with E-state index in [0.29, 0.717) is 33.2 Å². The Labute approximate surface area is 325 Å². The summed E-state index contributed by atoms with van der Waals surface area (Å²) in [6.07, 6.45) is 35.7. The minimum Gasteiger partial charge on any atom is -0.507 e. The molecule has 16 saturated carbocycles. The molecule has 0 aromatic heterocycles. The average Bonchev–Trinajstić information content (AvgIpc) is 3.10. The third kappa shape index (κ3) is 4.07. The van der Waals surface area contributed by atoms with Crippen LogP contribution in [0.3, 0.4) is 0 Å². The molecule has 2 N–H and O–H groups in total. The highest BCUT2D eigenvalue weighted by atomic mass is 16.3. The van der Waals surface area contributed by atoms with Crippen LogP contribution < -0.4 is 0 Å². The number of benzene rings is 2. The molecule has 16 aliphatic carbocycles. The van der Waals surface area contributed by atoms with Crippen molar-refractivity contribution in [3.05, 3.63) is 47.5 Å². The lowest BCUT2D eigenvalue weighted by atomic mass is 9.32. The lowest BCUT2D eigenvalue weighted by molar-refractivity contribution is -0.205. The lowest BCUT2D eigenvalue weighted by Gasteiger charge is -2.72. The van der Waals surface area contributed by atoms with E-state index in [9.17, 15) is 10.2 Å². The monoisotopic (exact) mass is 723 g/mol. The minimum atomic E-state index is 0.243. The summed E-state index contributed by atoms with van der Waals surface area (Å²) in [5.41, 5.74) is 7.61. The zero-order valence-electron chi connectivity index (χ0n) is 33.1. The summed E-state index contributed by atoms with van der Waals surface area (Å²) < 4.78 is 0. The van der Waals surface area contributed by atoms with E-state index in [2.05, 4.69) is 24.3 Å². The predicted octanol–water partition coefficient (Wildman–Crippen LogP) is 12.9. The summed E-state index contributed by atoms with van der Waals surface area (Å²) in [5.74, 6) is 10.4. The van der Waals surface area contributed by atoms with Gasteiger partial charge in [-0.15, -0.1) is 0 Å². The molecule has 0 spiro atoms. The molecule has 2 nitrogen and oxygen atoms in total. The molecule has 2 aromatic rings. The van der Waals surface area contributed by atoms with Gasteiger partial charge in [0.1, 0.15) is 11.5 Å². The molecule has 2 heteroatoms. The fraction of sp³-hybridized carbons (Fsp3) is 0.769. The number of phenolic OH excluding ortho intramolecular Hbond substituents is 2. The van der Waals surface area contributed by atoms with Crippen LogP contribution in [0, 0.1) is 80.8 Å². The van der Waals surface area contributed by atoms with E-state index in [0.717, 1.165) is 70.3 Å². The molecule has 54 heavy (non-hydrogen) atoms. The number of hydrogen-bond acceptors (Lipinski definition) is 2. The van der Waals surface area contributed by atoms with Crippen molar-refractivity contribution in [2.75, 3.05) is 0 Å². The third-order valence-electron chi connectivity index (χ3n) is 22.0. The lowest BCUT2D eigenvalue weighted by Crippen LogP contribution is -2.63. The Morgan fingerprint density at radius 1 is 0.333 bits per heavy atom. The second-order valence-corrected chi connectivity index (χ2v) is 24.9. The van der Waals surface area contributed by atoms with E-state index in [1.807, 2.05) is 12.1 Å². The van der Waals surface area contributed by atoms with Gasteiger partial charge in [-0.1, -0.05) is 12.1 Å². The summed E-state index contributed by atoms with van der Waals surface area (Å²) >= 11 is 0. The molecule has 0 radical (unpaired) electrons. The van der Waals surface area contributed by atoms with Crippen molar-refractivity contribution in [2.24, 2.45) is 80.8 Å². The fourth-order valence-electron chi connectivity index (χ4n) is 22.1. The van der Waals surface area contributed by atoms with Crippen LogP contribution in [0.2, 0.25) is 0 Å². The van der Waals surface area contributed by atoms with Gasteiger partial charge in [-0.25, -0.2) is 0 Å². The topological polar surface area (TPSA) is 40.5 Å². The second-order valence-electron chi connectivity index (χ2n) is 24.9. The van der Waals surface area contributed by atoms with E-state index >= 15 is 0 Å². The van der Waals surface area contributed by atoms with Gasteiger partial charge in [0.15, 0.2) is 0 Å². The van der Waals surface area contributed by atoms with E-state index in [-0.39, 0.29) is 10.8 Å². The van der Waals surface area contributed by atoms with Gasteiger partial charge < -0.3 is 10.2 Å². The Morgan fingerprint density at radius 3 is 0.926 bits per heavy atom. The molecular weight excluding hydrogens is 657 g/mol. The molecule has 2 aromatic carbocycles. The maximum absolute atomic E-state index is 11.8. The molecule has 286 valence electrons. The minimum absolute atomic E-state index is 0.243. The van der Waals surface area contributed by atoms with Crippen molar-refractivity contribution in [3.63, 3.8) is 0 Å². The molecule has 4 unspecified atom stereocenters. The van der Waals surface area contributed by atoms with E-state index in [1.165, 1.54) is 88.2 Å². The highest BCUT2D eigenvalue weighted by Gasteiger charge is 2.69. The number of phenols is 2. The van der Waals surface area contributed by atoms with Crippen molar-refractivity contribution < 1.29 is 10.2 Å². The summed E-state index contributed by atoms with van der Waals surface area (Å²) in [7, 11) is 0. The van der Waals surface area contributed by atoms with Crippen molar-refractivity contribution in [1.29, 1.82) is 0 Å². The number of hydrogen-bond donors (Lipinski definition) is 2. The van der Waals surface area contributed by atoms with E-state index < -0.39 is 0 Å². The first-order chi connectivity index (χ1) is 26.1. The molecule has 16 bridgehead atoms. The van der Waals surface area contributed by atoms with Crippen LogP contribution in [-0.4, -0.2) is 10.2 Å². The SMILES string of the molecule is Oc1ccc(C23CC4CC(C2)CC(C25CC6CC(CC(C6)C2)C5)(C4)C3)cc1-c1cc(C23CC4CC(C2)CC(C25CC6CC(CC(C6)C2)C5)(C4)C3)ccc1O. The van der Waals surface area contributed by atoms with Gasteiger partial charge in [0.25, 0.3) is 0 Å². The summed E-state index contributed by atoms with van der Waals surface area (Å²) in [4.78, 5) is 0. The van der Waals surface area contributed by atoms with Crippen LogP contribution in [0.1, 0.15) is 165 Å². The smallest absolute Gasteiger partial charge is 0.123 e. The van der Waals surface area contributed by atoms with E-state index in [1.54, 1.807) is 77.0 Å². The Hall–Kier alpha value is -1.96. The quantitative estimate of drug-likeness (QED) is 0.323. The molecule has 0 saturated heterocycles. The van der Waals surface area contributed by atoms with Crippen molar-refractivity contribution in [1.82, 2.24) is 0 Å². The van der Waals surface area contributed by atoms with Gasteiger partial charge in [0.05, 0.1) is 0 Å². The molecule has 0 amide bonds. The molecule has 0 aliphatic heterocycles. The van der Waals surface area contributed by atoms with Crippen molar-refractivity contribution in [2.45, 2.75) is 165 Å². The predicted molar refractivity (Wildman–Crippen MR) is 214 cm³/mol. The number of aromatic hydroxyl groups is 2. The van der Waals surface area contributed by atoms with Crippen LogP contribution in [0.5, 0.6) is 11.5 Å².